The van der Waals surface area contributed by atoms with Crippen LogP contribution in [0.2, 0.25) is 0 Å². The Morgan fingerprint density at radius 2 is 2.18 bits per heavy atom. The summed E-state index contributed by atoms with van der Waals surface area (Å²) < 4.78 is 0. The van der Waals surface area contributed by atoms with Gasteiger partial charge in [0.15, 0.2) is 0 Å². The van der Waals surface area contributed by atoms with Crippen LogP contribution in [0.4, 0.5) is 0 Å². The fourth-order valence-electron chi connectivity index (χ4n) is 0.546. The molecule has 0 aromatic rings. The maximum Gasteiger partial charge on any atom is 0.243 e. The summed E-state index contributed by atoms with van der Waals surface area (Å²) in [6.07, 6.45) is 2.07. The largest absolute Gasteiger partial charge is 0.370 e. The molecule has 4 heteroatoms. The van der Waals surface area contributed by atoms with E-state index in [0.29, 0.717) is 19.4 Å². The first kappa shape index (κ1) is 9.68. The summed E-state index contributed by atoms with van der Waals surface area (Å²) >= 11 is 0. The molecule has 0 aliphatic carbocycles. The molecule has 62 valence electrons. The van der Waals surface area contributed by atoms with Gasteiger partial charge in [0, 0.05) is 13.0 Å². The van der Waals surface area contributed by atoms with Crippen molar-refractivity contribution in [3.05, 3.63) is 12.7 Å². The molecule has 0 unspecified atom stereocenters. The van der Waals surface area contributed by atoms with Gasteiger partial charge in [0.25, 0.3) is 0 Å². The molecular weight excluding hydrogens is 144 g/mol. The maximum absolute atomic E-state index is 10.5. The third-order valence-corrected chi connectivity index (χ3v) is 1.08. The first-order chi connectivity index (χ1) is 5.16. The van der Waals surface area contributed by atoms with Gasteiger partial charge in [-0.3, -0.25) is 9.59 Å². The Morgan fingerprint density at radius 3 is 2.64 bits per heavy atom. The summed E-state index contributed by atoms with van der Waals surface area (Å²) in [6.45, 7) is 3.74. The lowest BCUT2D eigenvalue weighted by Gasteiger charge is -1.98. The minimum absolute atomic E-state index is 0.227. The minimum Gasteiger partial charge on any atom is -0.370 e. The molecule has 0 aliphatic heterocycles. The molecule has 3 N–H and O–H groups in total. The molecular formula is C7H12N2O2. The molecule has 11 heavy (non-hydrogen) atoms. The summed E-state index contributed by atoms with van der Waals surface area (Å²) in [5.41, 5.74) is 4.87. The van der Waals surface area contributed by atoms with E-state index >= 15 is 0 Å². The summed E-state index contributed by atoms with van der Waals surface area (Å²) in [7, 11) is 0. The molecule has 0 rings (SSSR count). The van der Waals surface area contributed by atoms with Crippen molar-refractivity contribution in [3.63, 3.8) is 0 Å². The Morgan fingerprint density at radius 1 is 1.55 bits per heavy atom. The van der Waals surface area contributed by atoms with E-state index in [1.807, 2.05) is 0 Å². The average Bonchev–Trinajstić information content (AvgIpc) is 1.97. The Labute approximate surface area is 65.5 Å². The molecule has 0 spiro atoms. The highest BCUT2D eigenvalue weighted by atomic mass is 16.1. The predicted octanol–water partition coefficient (Wildman–Crippen LogP) is -0.446. The smallest absolute Gasteiger partial charge is 0.243 e. The van der Waals surface area contributed by atoms with E-state index in [0.717, 1.165) is 0 Å². The zero-order valence-corrected chi connectivity index (χ0v) is 6.30. The van der Waals surface area contributed by atoms with Crippen LogP contribution in [-0.4, -0.2) is 18.4 Å². The molecule has 0 saturated carbocycles. The van der Waals surface area contributed by atoms with Crippen LogP contribution < -0.4 is 11.1 Å². The monoisotopic (exact) mass is 156 g/mol. The fraction of sp³-hybridized carbons (Fsp3) is 0.429. The van der Waals surface area contributed by atoms with Crippen LogP contribution in [0.5, 0.6) is 0 Å². The quantitative estimate of drug-likeness (QED) is 0.418. The van der Waals surface area contributed by atoms with Gasteiger partial charge in [0.1, 0.15) is 0 Å². The predicted molar refractivity (Wildman–Crippen MR) is 41.6 cm³/mol. The molecule has 2 amide bonds. The highest BCUT2D eigenvalue weighted by Crippen LogP contribution is 1.83. The zero-order valence-electron chi connectivity index (χ0n) is 6.30. The molecule has 0 saturated heterocycles. The number of hydrogen-bond donors (Lipinski definition) is 2. The number of nitrogens with one attached hydrogen (secondary N) is 1. The van der Waals surface area contributed by atoms with Gasteiger partial charge >= 0.3 is 0 Å². The van der Waals surface area contributed by atoms with Crippen molar-refractivity contribution in [1.29, 1.82) is 0 Å². The average molecular weight is 156 g/mol. The Balaban J connectivity index is 3.21. The number of carbonyl (C=O) groups excluding carboxylic acids is 2. The molecule has 0 aliphatic rings. The van der Waals surface area contributed by atoms with Crippen LogP contribution in [0.1, 0.15) is 12.8 Å². The van der Waals surface area contributed by atoms with Crippen molar-refractivity contribution in [1.82, 2.24) is 5.32 Å². The number of hydrogen-bond acceptors (Lipinski definition) is 2. The van der Waals surface area contributed by atoms with Crippen molar-refractivity contribution >= 4 is 11.8 Å². The zero-order chi connectivity index (χ0) is 8.69. The number of amides is 2. The van der Waals surface area contributed by atoms with Crippen molar-refractivity contribution in [2.45, 2.75) is 12.8 Å². The van der Waals surface area contributed by atoms with Crippen molar-refractivity contribution in [2.75, 3.05) is 6.54 Å². The van der Waals surface area contributed by atoms with Crippen LogP contribution in [0, 0.1) is 0 Å². The van der Waals surface area contributed by atoms with E-state index in [1.165, 1.54) is 6.08 Å². The van der Waals surface area contributed by atoms with Gasteiger partial charge in [0.2, 0.25) is 11.8 Å². The maximum atomic E-state index is 10.5. The molecule has 0 bridgehead atoms. The van der Waals surface area contributed by atoms with Crippen LogP contribution >= 0.6 is 0 Å². The van der Waals surface area contributed by atoms with Crippen molar-refractivity contribution in [3.8, 4) is 0 Å². The minimum atomic E-state index is -0.349. The van der Waals surface area contributed by atoms with Crippen molar-refractivity contribution < 1.29 is 9.59 Å². The number of primary amides is 1. The van der Waals surface area contributed by atoms with Gasteiger partial charge in [-0.15, -0.1) is 0 Å². The number of nitrogens with two attached hydrogens (primary N) is 1. The SMILES string of the molecule is C=CC(=O)NCCCC(N)=O. The van der Waals surface area contributed by atoms with E-state index in [-0.39, 0.29) is 11.8 Å². The lowest BCUT2D eigenvalue weighted by atomic mass is 10.3. The van der Waals surface area contributed by atoms with Gasteiger partial charge in [-0.25, -0.2) is 0 Å². The third kappa shape index (κ3) is 6.57. The first-order valence-corrected chi connectivity index (χ1v) is 3.35. The second-order valence-corrected chi connectivity index (χ2v) is 2.07. The van der Waals surface area contributed by atoms with Crippen LogP contribution in [-0.2, 0) is 9.59 Å². The summed E-state index contributed by atoms with van der Waals surface area (Å²) in [6, 6.07) is 0. The lowest BCUT2D eigenvalue weighted by molar-refractivity contribution is -0.119. The highest BCUT2D eigenvalue weighted by Gasteiger charge is 1.95. The van der Waals surface area contributed by atoms with E-state index in [4.69, 9.17) is 5.73 Å². The van der Waals surface area contributed by atoms with E-state index in [1.54, 1.807) is 0 Å². The van der Waals surface area contributed by atoms with E-state index in [2.05, 4.69) is 11.9 Å². The van der Waals surface area contributed by atoms with E-state index < -0.39 is 0 Å². The Kier molecular flexibility index (Phi) is 4.81. The number of carbonyl (C=O) groups is 2. The topological polar surface area (TPSA) is 72.2 Å². The molecule has 0 radical (unpaired) electrons. The molecule has 0 aromatic carbocycles. The van der Waals surface area contributed by atoms with Crippen LogP contribution in [0.15, 0.2) is 12.7 Å². The fourth-order valence-corrected chi connectivity index (χ4v) is 0.546. The normalized spacial score (nSPS) is 8.73. The molecule has 0 heterocycles. The molecule has 0 fully saturated rings. The summed E-state index contributed by atoms with van der Waals surface area (Å²) in [5.74, 6) is -0.577. The second kappa shape index (κ2) is 5.46. The Bertz CT molecular complexity index is 166. The molecule has 0 atom stereocenters. The van der Waals surface area contributed by atoms with E-state index in [9.17, 15) is 9.59 Å². The van der Waals surface area contributed by atoms with Crippen LogP contribution in [0.25, 0.3) is 0 Å². The van der Waals surface area contributed by atoms with Crippen LogP contribution in [0.3, 0.4) is 0 Å². The van der Waals surface area contributed by atoms with Gasteiger partial charge in [-0.05, 0) is 12.5 Å². The second-order valence-electron chi connectivity index (χ2n) is 2.07. The number of rotatable bonds is 5. The molecule has 0 aromatic heterocycles. The van der Waals surface area contributed by atoms with Gasteiger partial charge in [0.05, 0.1) is 0 Å². The van der Waals surface area contributed by atoms with Gasteiger partial charge in [-0.2, -0.15) is 0 Å². The van der Waals surface area contributed by atoms with Gasteiger partial charge < -0.3 is 11.1 Å². The van der Waals surface area contributed by atoms with Crippen molar-refractivity contribution in [2.24, 2.45) is 5.73 Å². The summed E-state index contributed by atoms with van der Waals surface area (Å²) in [5, 5.41) is 2.52. The Hall–Kier alpha value is -1.32. The highest BCUT2D eigenvalue weighted by molar-refractivity contribution is 5.86. The lowest BCUT2D eigenvalue weighted by Crippen LogP contribution is -2.23. The third-order valence-electron chi connectivity index (χ3n) is 1.08. The van der Waals surface area contributed by atoms with Gasteiger partial charge in [-0.1, -0.05) is 6.58 Å². The standard InChI is InChI=1S/C7H12N2O2/c1-2-7(11)9-5-3-4-6(8)10/h2H,1,3-5H2,(H2,8,10)(H,9,11). The first-order valence-electron chi connectivity index (χ1n) is 3.35. The molecule has 4 nitrogen and oxygen atoms in total. The summed E-state index contributed by atoms with van der Waals surface area (Å²) in [4.78, 5) is 20.7.